The third-order valence-electron chi connectivity index (χ3n) is 7.26. The van der Waals surface area contributed by atoms with Crippen molar-refractivity contribution in [2.75, 3.05) is 6.61 Å². The molecule has 1 saturated carbocycles. The van der Waals surface area contributed by atoms with Gasteiger partial charge in [-0.1, -0.05) is 6.92 Å². The second kappa shape index (κ2) is 14.0. The van der Waals surface area contributed by atoms with Gasteiger partial charge in [0.25, 0.3) is 0 Å². The molecule has 44 heavy (non-hydrogen) atoms. The molecule has 0 bridgehead atoms. The molecule has 14 nitrogen and oxygen atoms in total. The molecule has 0 unspecified atom stereocenters. The molecule has 2 heterocycles. The van der Waals surface area contributed by atoms with Gasteiger partial charge in [0.1, 0.15) is 24.0 Å². The smallest absolute Gasteiger partial charge is 0.383 e. The Morgan fingerprint density at radius 2 is 1.45 bits per heavy atom. The minimum atomic E-state index is -1.50. The number of rotatable bonds is 9. The third kappa shape index (κ3) is 7.98. The first-order chi connectivity index (χ1) is 20.8. The normalized spacial score (nSPS) is 26.7. The number of ether oxygens (including phenoxy) is 7. The number of hydrogen-bond acceptors (Lipinski definition) is 14. The van der Waals surface area contributed by atoms with Crippen molar-refractivity contribution < 1.29 is 61.9 Å². The Balaban J connectivity index is 1.66. The van der Waals surface area contributed by atoms with Gasteiger partial charge in [-0.2, -0.15) is 0 Å². The minimum Gasteiger partial charge on any atom is -0.504 e. The van der Waals surface area contributed by atoms with E-state index in [0.717, 1.165) is 53.4 Å². The van der Waals surface area contributed by atoms with Crippen LogP contribution in [0.25, 0.3) is 11.0 Å². The highest BCUT2D eigenvalue weighted by Crippen LogP contribution is 2.37. The van der Waals surface area contributed by atoms with Crippen LogP contribution in [0.15, 0.2) is 27.4 Å². The molecule has 240 valence electrons. The van der Waals surface area contributed by atoms with E-state index in [1.807, 2.05) is 0 Å². The number of fused-ring (bicyclic) bond motifs is 1. The van der Waals surface area contributed by atoms with Gasteiger partial charge in [0.2, 0.25) is 18.1 Å². The summed E-state index contributed by atoms with van der Waals surface area (Å²) >= 11 is 0. The Labute approximate surface area is 252 Å². The van der Waals surface area contributed by atoms with E-state index in [4.69, 9.17) is 37.6 Å². The van der Waals surface area contributed by atoms with E-state index in [-0.39, 0.29) is 34.3 Å². The van der Waals surface area contributed by atoms with Crippen LogP contribution in [0.1, 0.15) is 60.3 Å². The number of hydrogen-bond donors (Lipinski definition) is 1. The lowest BCUT2D eigenvalue weighted by Crippen LogP contribution is -2.63. The molecule has 5 atom stereocenters. The van der Waals surface area contributed by atoms with E-state index < -0.39 is 66.8 Å². The highest BCUT2D eigenvalue weighted by atomic mass is 16.7. The molecule has 0 radical (unpaired) electrons. The molecule has 1 aromatic heterocycles. The van der Waals surface area contributed by atoms with E-state index in [1.165, 1.54) is 18.2 Å². The molecule has 0 amide bonds. The summed E-state index contributed by atoms with van der Waals surface area (Å²) < 4.78 is 44.4. The largest absolute Gasteiger partial charge is 0.504 e. The van der Waals surface area contributed by atoms with Gasteiger partial charge in [0.15, 0.2) is 18.0 Å². The quantitative estimate of drug-likeness (QED) is 0.245. The second-order valence-electron chi connectivity index (χ2n) is 10.9. The Morgan fingerprint density at radius 3 is 2.07 bits per heavy atom. The first-order valence-electron chi connectivity index (χ1n) is 14.3. The van der Waals surface area contributed by atoms with E-state index in [2.05, 4.69) is 6.92 Å². The van der Waals surface area contributed by atoms with Crippen LogP contribution in [-0.2, 0) is 42.9 Å². The first kappa shape index (κ1) is 32.6. The van der Waals surface area contributed by atoms with Gasteiger partial charge < -0.3 is 42.7 Å². The van der Waals surface area contributed by atoms with Crippen molar-refractivity contribution in [3.05, 3.63) is 28.6 Å². The van der Waals surface area contributed by atoms with Crippen molar-refractivity contribution in [3.63, 3.8) is 0 Å². The van der Waals surface area contributed by atoms with Crippen molar-refractivity contribution >= 4 is 34.8 Å². The van der Waals surface area contributed by atoms with E-state index >= 15 is 0 Å². The molecule has 14 heteroatoms. The molecule has 1 aliphatic heterocycles. The minimum absolute atomic E-state index is 0.0379. The van der Waals surface area contributed by atoms with E-state index in [1.54, 1.807) is 0 Å². The van der Waals surface area contributed by atoms with Gasteiger partial charge >= 0.3 is 29.5 Å². The van der Waals surface area contributed by atoms with Crippen LogP contribution in [0.5, 0.6) is 17.2 Å². The highest BCUT2D eigenvalue weighted by Gasteiger charge is 2.53. The average Bonchev–Trinajstić information content (AvgIpc) is 2.93. The number of esters is 4. The molecule has 1 aromatic carbocycles. The fourth-order valence-electron chi connectivity index (χ4n) is 5.26. The zero-order chi connectivity index (χ0) is 32.1. The fourth-order valence-corrected chi connectivity index (χ4v) is 5.26. The molecule has 2 fully saturated rings. The summed E-state index contributed by atoms with van der Waals surface area (Å²) in [6.45, 7) is 6.20. The fraction of sp³-hybridized carbons (Fsp3) is 0.567. The third-order valence-corrected chi connectivity index (χ3v) is 7.26. The predicted molar refractivity (Wildman–Crippen MR) is 149 cm³/mol. The molecule has 4 rings (SSSR count). The molecule has 1 saturated heterocycles. The zero-order valence-electron chi connectivity index (χ0n) is 25.1. The lowest BCUT2D eigenvalue weighted by Gasteiger charge is -2.43. The Morgan fingerprint density at radius 1 is 0.841 bits per heavy atom. The Hall–Kier alpha value is -4.33. The SMILES string of the molecule is CC(=O)OC[C@H]1O[C@@H](Oc2ccc3c(O)c(O[C@H]4CC[C@H](C)CC4)c(=O)oc3c2)[C@H](OC(C)=O)[C@@H](OC(C)=O)[C@@H]1OC(C)=O. The van der Waals surface area contributed by atoms with Crippen LogP contribution >= 0.6 is 0 Å². The maximum atomic E-state index is 12.8. The van der Waals surface area contributed by atoms with E-state index in [9.17, 15) is 29.1 Å². The second-order valence-corrected chi connectivity index (χ2v) is 10.9. The van der Waals surface area contributed by atoms with Crippen LogP contribution in [0, 0.1) is 5.92 Å². The maximum absolute atomic E-state index is 12.8. The summed E-state index contributed by atoms with van der Waals surface area (Å²) in [6, 6.07) is 4.17. The number of aromatic hydroxyl groups is 1. The first-order valence-corrected chi connectivity index (χ1v) is 14.3. The van der Waals surface area contributed by atoms with Crippen LogP contribution in [0.4, 0.5) is 0 Å². The van der Waals surface area contributed by atoms with Crippen LogP contribution in [-0.4, -0.2) is 72.4 Å². The van der Waals surface area contributed by atoms with Crippen molar-refractivity contribution in [2.24, 2.45) is 5.92 Å². The van der Waals surface area contributed by atoms with Gasteiger partial charge in [-0.25, -0.2) is 4.79 Å². The Bertz CT molecular complexity index is 1440. The number of carbonyl (C=O) groups excluding carboxylic acids is 4. The zero-order valence-corrected chi connectivity index (χ0v) is 25.1. The lowest BCUT2D eigenvalue weighted by atomic mass is 9.89. The molecule has 2 aliphatic rings. The summed E-state index contributed by atoms with van der Waals surface area (Å²) in [5, 5.41) is 11.1. The predicted octanol–water partition coefficient (Wildman–Crippen LogP) is 2.92. The molecule has 1 N–H and O–H groups in total. The van der Waals surface area contributed by atoms with Crippen LogP contribution in [0.2, 0.25) is 0 Å². The maximum Gasteiger partial charge on any atom is 0.383 e. The number of carbonyl (C=O) groups is 4. The summed E-state index contributed by atoms with van der Waals surface area (Å²) in [5.74, 6) is -3.06. The van der Waals surface area contributed by atoms with Gasteiger partial charge in [0, 0.05) is 33.8 Å². The topological polar surface area (TPSA) is 183 Å². The molecular weight excluding hydrogens is 584 g/mol. The standard InChI is InChI=1S/C30H36O14/c1-14-6-8-19(9-7-14)41-26-24(35)21-11-10-20(12-22(21)43-29(26)36)42-30-28(40-18(5)34)27(39-17(4)33)25(38-16(3)32)23(44-30)13-37-15(2)31/h10-12,14,19,23,25,27-28,30,35H,6-9,13H2,1-5H3/t14-,19-,23-,25-,27+,28-,30-/m1/s1. The van der Waals surface area contributed by atoms with Gasteiger partial charge in [-0.05, 0) is 43.7 Å². The van der Waals surface area contributed by atoms with E-state index in [0.29, 0.717) is 5.92 Å². The van der Waals surface area contributed by atoms with Crippen LogP contribution in [0.3, 0.4) is 0 Å². The van der Waals surface area contributed by atoms with Gasteiger partial charge in [-0.3, -0.25) is 19.2 Å². The Kier molecular flexibility index (Phi) is 10.3. The molecule has 2 aromatic rings. The molecule has 1 aliphatic carbocycles. The van der Waals surface area contributed by atoms with Crippen LogP contribution < -0.4 is 15.1 Å². The average molecular weight is 621 g/mol. The van der Waals surface area contributed by atoms with Crippen molar-refractivity contribution in [2.45, 2.75) is 97.1 Å². The van der Waals surface area contributed by atoms with Crippen molar-refractivity contribution in [1.82, 2.24) is 0 Å². The summed E-state index contributed by atoms with van der Waals surface area (Å²) in [5.41, 5.74) is -0.918. The summed E-state index contributed by atoms with van der Waals surface area (Å²) in [4.78, 5) is 60.4. The van der Waals surface area contributed by atoms with Crippen molar-refractivity contribution in [1.29, 1.82) is 0 Å². The number of benzene rings is 1. The summed E-state index contributed by atoms with van der Waals surface area (Å²) in [7, 11) is 0. The summed E-state index contributed by atoms with van der Waals surface area (Å²) in [6.07, 6.45) is -3.77. The molecular formula is C30H36O14. The lowest BCUT2D eigenvalue weighted by molar-refractivity contribution is -0.288. The van der Waals surface area contributed by atoms with Gasteiger partial charge in [-0.15, -0.1) is 0 Å². The van der Waals surface area contributed by atoms with Gasteiger partial charge in [0.05, 0.1) is 11.5 Å². The highest BCUT2D eigenvalue weighted by molar-refractivity contribution is 5.86. The monoisotopic (exact) mass is 620 g/mol. The molecule has 0 spiro atoms. The van der Waals surface area contributed by atoms with Crippen molar-refractivity contribution in [3.8, 4) is 17.2 Å².